The number of allylic oxidation sites excluding steroid dienone is 1. The van der Waals surface area contributed by atoms with Crippen LogP contribution in [0.2, 0.25) is 0 Å². The first-order valence-corrected chi connectivity index (χ1v) is 7.88. The number of ketones is 1. The number of ether oxygens (including phenoxy) is 1. The van der Waals surface area contributed by atoms with Gasteiger partial charge in [-0.1, -0.05) is 29.5 Å². The number of hydrogen-bond acceptors (Lipinski definition) is 6. The summed E-state index contributed by atoms with van der Waals surface area (Å²) in [6, 6.07) is 6.70. The molecule has 0 aliphatic rings. The Balaban J connectivity index is 2.11. The Labute approximate surface area is 143 Å². The standard InChI is InChI=1S/C17H16N2O4S/c1-10-15(24-17(18-10)19-11(2)20)14(21)9-6-12-4-7-13(8-5-12)16(22)23-3/h4-9H,1-3H3,(H,18,19,20). The zero-order valence-corrected chi connectivity index (χ0v) is 14.3. The molecule has 0 spiro atoms. The molecule has 24 heavy (non-hydrogen) atoms. The van der Waals surface area contributed by atoms with E-state index in [1.165, 1.54) is 20.1 Å². The van der Waals surface area contributed by atoms with E-state index in [4.69, 9.17) is 0 Å². The van der Waals surface area contributed by atoms with E-state index in [9.17, 15) is 14.4 Å². The van der Waals surface area contributed by atoms with Crippen LogP contribution >= 0.6 is 11.3 Å². The topological polar surface area (TPSA) is 85.4 Å². The summed E-state index contributed by atoms with van der Waals surface area (Å²) < 4.78 is 4.63. The summed E-state index contributed by atoms with van der Waals surface area (Å²) in [6.45, 7) is 3.10. The SMILES string of the molecule is COC(=O)c1ccc(C=CC(=O)c2sc(NC(C)=O)nc2C)cc1. The highest BCUT2D eigenvalue weighted by atomic mass is 32.1. The molecule has 124 valence electrons. The average molecular weight is 344 g/mol. The van der Waals surface area contributed by atoms with Gasteiger partial charge in [0.25, 0.3) is 0 Å². The molecule has 0 atom stereocenters. The van der Waals surface area contributed by atoms with E-state index < -0.39 is 5.97 Å². The molecule has 0 unspecified atom stereocenters. The molecule has 7 heteroatoms. The molecule has 1 amide bonds. The van der Waals surface area contributed by atoms with E-state index in [1.54, 1.807) is 37.3 Å². The van der Waals surface area contributed by atoms with Crippen molar-refractivity contribution in [3.8, 4) is 0 Å². The number of carbonyl (C=O) groups excluding carboxylic acids is 3. The van der Waals surface area contributed by atoms with Crippen LogP contribution in [-0.2, 0) is 9.53 Å². The van der Waals surface area contributed by atoms with Crippen molar-refractivity contribution in [1.29, 1.82) is 0 Å². The summed E-state index contributed by atoms with van der Waals surface area (Å²) >= 11 is 1.14. The average Bonchev–Trinajstić information content (AvgIpc) is 2.92. The second-order valence-corrected chi connectivity index (χ2v) is 5.92. The Morgan fingerprint density at radius 2 is 1.88 bits per heavy atom. The number of anilines is 1. The summed E-state index contributed by atoms with van der Waals surface area (Å²) in [7, 11) is 1.32. The lowest BCUT2D eigenvalue weighted by Crippen LogP contribution is -2.04. The first-order valence-electron chi connectivity index (χ1n) is 7.06. The zero-order chi connectivity index (χ0) is 17.7. The highest BCUT2D eigenvalue weighted by Gasteiger charge is 2.13. The highest BCUT2D eigenvalue weighted by Crippen LogP contribution is 2.23. The van der Waals surface area contributed by atoms with Gasteiger partial charge in [0.2, 0.25) is 5.91 Å². The van der Waals surface area contributed by atoms with Crippen LogP contribution in [0.5, 0.6) is 0 Å². The van der Waals surface area contributed by atoms with Crippen LogP contribution in [0.3, 0.4) is 0 Å². The monoisotopic (exact) mass is 344 g/mol. The van der Waals surface area contributed by atoms with Crippen molar-refractivity contribution >= 4 is 40.2 Å². The predicted molar refractivity (Wildman–Crippen MR) is 92.3 cm³/mol. The maximum absolute atomic E-state index is 12.3. The van der Waals surface area contributed by atoms with Crippen LogP contribution in [-0.4, -0.2) is 29.8 Å². The quantitative estimate of drug-likeness (QED) is 0.512. The van der Waals surface area contributed by atoms with E-state index in [-0.39, 0.29) is 11.7 Å². The fourth-order valence-corrected chi connectivity index (χ4v) is 2.86. The van der Waals surface area contributed by atoms with Gasteiger partial charge in [-0.2, -0.15) is 0 Å². The molecule has 6 nitrogen and oxygen atoms in total. The minimum absolute atomic E-state index is 0.196. The number of aryl methyl sites for hydroxylation is 1. The number of esters is 1. The Morgan fingerprint density at radius 1 is 1.21 bits per heavy atom. The molecule has 0 radical (unpaired) electrons. The minimum atomic E-state index is -0.410. The number of benzene rings is 1. The maximum atomic E-state index is 12.3. The number of nitrogens with zero attached hydrogens (tertiary/aromatic N) is 1. The molecule has 0 aliphatic carbocycles. The number of nitrogens with one attached hydrogen (secondary N) is 1. The second kappa shape index (κ2) is 7.65. The summed E-state index contributed by atoms with van der Waals surface area (Å²) in [6.07, 6.45) is 3.09. The van der Waals surface area contributed by atoms with Gasteiger partial charge in [-0.25, -0.2) is 9.78 Å². The van der Waals surface area contributed by atoms with Gasteiger partial charge >= 0.3 is 5.97 Å². The van der Waals surface area contributed by atoms with Crippen molar-refractivity contribution in [2.45, 2.75) is 13.8 Å². The molecular weight excluding hydrogens is 328 g/mol. The number of aromatic nitrogens is 1. The molecule has 2 aromatic rings. The first-order chi connectivity index (χ1) is 11.4. The van der Waals surface area contributed by atoms with Crippen LogP contribution in [0.15, 0.2) is 30.3 Å². The van der Waals surface area contributed by atoms with Crippen LogP contribution in [0, 0.1) is 6.92 Å². The summed E-state index contributed by atoms with van der Waals surface area (Å²) in [5.74, 6) is -0.838. The number of rotatable bonds is 5. The third-order valence-corrected chi connectivity index (χ3v) is 4.15. The van der Waals surface area contributed by atoms with Gasteiger partial charge in [0.15, 0.2) is 10.9 Å². The van der Waals surface area contributed by atoms with Crippen molar-refractivity contribution < 1.29 is 19.1 Å². The van der Waals surface area contributed by atoms with E-state index in [0.717, 1.165) is 16.9 Å². The molecule has 0 bridgehead atoms. The molecular formula is C17H16N2O4S. The van der Waals surface area contributed by atoms with Crippen LogP contribution in [0.25, 0.3) is 6.08 Å². The minimum Gasteiger partial charge on any atom is -0.465 e. The molecule has 1 heterocycles. The van der Waals surface area contributed by atoms with Crippen molar-refractivity contribution in [3.05, 3.63) is 52.0 Å². The molecule has 0 fully saturated rings. The van der Waals surface area contributed by atoms with Crippen molar-refractivity contribution in [2.24, 2.45) is 0 Å². The molecule has 1 aromatic carbocycles. The first kappa shape index (κ1) is 17.6. The van der Waals surface area contributed by atoms with Gasteiger partial charge in [-0.15, -0.1) is 0 Å². The second-order valence-electron chi connectivity index (χ2n) is 4.93. The third kappa shape index (κ3) is 4.36. The summed E-state index contributed by atoms with van der Waals surface area (Å²) in [4.78, 5) is 39.3. The van der Waals surface area contributed by atoms with Gasteiger partial charge in [0, 0.05) is 6.92 Å². The number of methoxy groups -OCH3 is 1. The van der Waals surface area contributed by atoms with Crippen molar-refractivity contribution in [3.63, 3.8) is 0 Å². The smallest absolute Gasteiger partial charge is 0.337 e. The maximum Gasteiger partial charge on any atom is 0.337 e. The zero-order valence-electron chi connectivity index (χ0n) is 13.5. The van der Waals surface area contributed by atoms with Gasteiger partial charge < -0.3 is 10.1 Å². The van der Waals surface area contributed by atoms with Crippen LogP contribution in [0.4, 0.5) is 5.13 Å². The lowest BCUT2D eigenvalue weighted by molar-refractivity contribution is -0.114. The van der Waals surface area contributed by atoms with E-state index in [0.29, 0.717) is 21.3 Å². The lowest BCUT2D eigenvalue weighted by Gasteiger charge is -1.99. The Bertz CT molecular complexity index is 806. The molecule has 0 saturated carbocycles. The van der Waals surface area contributed by atoms with Gasteiger partial charge in [-0.3, -0.25) is 9.59 Å². The highest BCUT2D eigenvalue weighted by molar-refractivity contribution is 7.17. The lowest BCUT2D eigenvalue weighted by atomic mass is 10.1. The number of hydrogen-bond donors (Lipinski definition) is 1. The largest absolute Gasteiger partial charge is 0.465 e. The van der Waals surface area contributed by atoms with Crippen molar-refractivity contribution in [2.75, 3.05) is 12.4 Å². The van der Waals surface area contributed by atoms with Crippen molar-refractivity contribution in [1.82, 2.24) is 4.98 Å². The van der Waals surface area contributed by atoms with Gasteiger partial charge in [-0.05, 0) is 30.7 Å². The van der Waals surface area contributed by atoms with Crippen LogP contribution in [0.1, 0.15) is 38.2 Å². The number of amides is 1. The normalized spacial score (nSPS) is 10.6. The molecule has 0 aliphatic heterocycles. The number of carbonyl (C=O) groups is 3. The molecule has 2 rings (SSSR count). The summed E-state index contributed by atoms with van der Waals surface area (Å²) in [5, 5.41) is 2.97. The van der Waals surface area contributed by atoms with E-state index >= 15 is 0 Å². The predicted octanol–water partition coefficient (Wildman–Crippen LogP) is 3.09. The fraction of sp³-hybridized carbons (Fsp3) is 0.176. The van der Waals surface area contributed by atoms with Gasteiger partial charge in [0.05, 0.1) is 23.2 Å². The Morgan fingerprint density at radius 3 is 2.46 bits per heavy atom. The molecule has 1 N–H and O–H groups in total. The fourth-order valence-electron chi connectivity index (χ4n) is 1.92. The Hall–Kier alpha value is -2.80. The molecule has 1 aromatic heterocycles. The third-order valence-electron chi connectivity index (χ3n) is 3.06. The molecule has 0 saturated heterocycles. The Kier molecular flexibility index (Phi) is 5.59. The summed E-state index contributed by atoms with van der Waals surface area (Å²) in [5.41, 5.74) is 1.79. The van der Waals surface area contributed by atoms with E-state index in [1.807, 2.05) is 0 Å². The van der Waals surface area contributed by atoms with Gasteiger partial charge in [0.1, 0.15) is 0 Å². The number of thiazole rings is 1. The van der Waals surface area contributed by atoms with E-state index in [2.05, 4.69) is 15.0 Å². The van der Waals surface area contributed by atoms with Crippen LogP contribution < -0.4 is 5.32 Å².